The molecule has 0 atom stereocenters. The maximum atomic E-state index is 13.5. The van der Waals surface area contributed by atoms with Gasteiger partial charge in [-0.3, -0.25) is 4.79 Å². The lowest BCUT2D eigenvalue weighted by molar-refractivity contribution is -0.116. The minimum atomic E-state index is -0.464. The molecule has 0 saturated heterocycles. The summed E-state index contributed by atoms with van der Waals surface area (Å²) < 4.78 is 13.5. The van der Waals surface area contributed by atoms with Crippen LogP contribution in [0.3, 0.4) is 0 Å². The molecule has 6 heteroatoms. The molecule has 4 bridgehead atoms. The molecule has 1 aromatic rings. The van der Waals surface area contributed by atoms with Crippen LogP contribution in [0.5, 0.6) is 0 Å². The summed E-state index contributed by atoms with van der Waals surface area (Å²) in [5, 5.41) is 8.52. The Bertz CT molecular complexity index is 671. The lowest BCUT2D eigenvalue weighted by Crippen LogP contribution is -2.61. The van der Waals surface area contributed by atoms with Crippen molar-refractivity contribution in [3.63, 3.8) is 0 Å². The van der Waals surface area contributed by atoms with Crippen molar-refractivity contribution in [2.75, 3.05) is 11.9 Å². The number of urea groups is 1. The summed E-state index contributed by atoms with van der Waals surface area (Å²) in [4.78, 5) is 24.2. The zero-order valence-corrected chi connectivity index (χ0v) is 14.9. The van der Waals surface area contributed by atoms with Crippen LogP contribution in [-0.4, -0.2) is 24.0 Å². The van der Waals surface area contributed by atoms with Gasteiger partial charge in [-0.25, -0.2) is 9.18 Å². The van der Waals surface area contributed by atoms with Crippen molar-refractivity contribution in [3.05, 3.63) is 30.1 Å². The summed E-state index contributed by atoms with van der Waals surface area (Å²) >= 11 is 0. The first-order valence-corrected chi connectivity index (χ1v) is 9.62. The topological polar surface area (TPSA) is 70.2 Å². The van der Waals surface area contributed by atoms with E-state index < -0.39 is 5.82 Å². The molecule has 0 spiro atoms. The lowest BCUT2D eigenvalue weighted by Gasteiger charge is -2.56. The smallest absolute Gasteiger partial charge is 0.315 e. The van der Waals surface area contributed by atoms with E-state index in [-0.39, 0.29) is 36.1 Å². The average Bonchev–Trinajstić information content (AvgIpc) is 2.55. The maximum Gasteiger partial charge on any atom is 0.315 e. The number of carbonyl (C=O) groups is 2. The number of hydrogen-bond donors (Lipinski definition) is 3. The van der Waals surface area contributed by atoms with Crippen LogP contribution in [0, 0.1) is 23.6 Å². The summed E-state index contributed by atoms with van der Waals surface area (Å²) in [6, 6.07) is 5.86. The van der Waals surface area contributed by atoms with Crippen LogP contribution in [-0.2, 0) is 4.79 Å². The first kappa shape index (κ1) is 17.3. The van der Waals surface area contributed by atoms with Crippen LogP contribution in [0.4, 0.5) is 14.9 Å². The largest absolute Gasteiger partial charge is 0.338 e. The standard InChI is InChI=1S/C20H26FN3O2/c21-16-3-1-2-4-17(16)23-18(25)5-6-22-19(26)24-20-10-13-7-14(11-20)9-15(8-13)12-20/h1-4,13-15H,5-12H2,(H,23,25)(H2,22,24,26). The number of amides is 3. The van der Waals surface area contributed by atoms with E-state index in [1.165, 1.54) is 31.4 Å². The van der Waals surface area contributed by atoms with Gasteiger partial charge in [-0.15, -0.1) is 0 Å². The fraction of sp³-hybridized carbons (Fsp3) is 0.600. The number of carbonyl (C=O) groups excluding carboxylic acids is 2. The van der Waals surface area contributed by atoms with Crippen LogP contribution in [0.25, 0.3) is 0 Å². The number of para-hydroxylation sites is 1. The number of benzene rings is 1. The number of rotatable bonds is 5. The minimum absolute atomic E-state index is 0.0335. The molecule has 3 N–H and O–H groups in total. The third kappa shape index (κ3) is 3.69. The predicted octanol–water partition coefficient (Wildman–Crippen LogP) is 3.42. The lowest BCUT2D eigenvalue weighted by atomic mass is 9.53. The molecule has 0 aliphatic heterocycles. The van der Waals surface area contributed by atoms with Gasteiger partial charge < -0.3 is 16.0 Å². The Balaban J connectivity index is 1.22. The Morgan fingerprint density at radius 1 is 1.04 bits per heavy atom. The van der Waals surface area contributed by atoms with Crippen LogP contribution >= 0.6 is 0 Å². The van der Waals surface area contributed by atoms with Gasteiger partial charge >= 0.3 is 6.03 Å². The average molecular weight is 359 g/mol. The SMILES string of the molecule is O=C(CCNC(=O)NC12CC3CC(CC(C3)C1)C2)Nc1ccccc1F. The second-order valence-electron chi connectivity index (χ2n) is 8.36. The van der Waals surface area contributed by atoms with Crippen LogP contribution in [0.15, 0.2) is 24.3 Å². The van der Waals surface area contributed by atoms with E-state index in [4.69, 9.17) is 0 Å². The highest BCUT2D eigenvalue weighted by Crippen LogP contribution is 2.55. The van der Waals surface area contributed by atoms with Crippen LogP contribution < -0.4 is 16.0 Å². The molecule has 0 radical (unpaired) electrons. The fourth-order valence-corrected chi connectivity index (χ4v) is 5.61. The predicted molar refractivity (Wildman–Crippen MR) is 97.1 cm³/mol. The zero-order chi connectivity index (χ0) is 18.1. The zero-order valence-electron chi connectivity index (χ0n) is 14.9. The molecule has 0 unspecified atom stereocenters. The third-order valence-corrected chi connectivity index (χ3v) is 6.20. The molecule has 0 aromatic heterocycles. The van der Waals surface area contributed by atoms with E-state index in [1.54, 1.807) is 12.1 Å². The molecule has 5 nitrogen and oxygen atoms in total. The van der Waals surface area contributed by atoms with E-state index in [2.05, 4.69) is 16.0 Å². The number of nitrogens with one attached hydrogen (secondary N) is 3. The monoisotopic (exact) mass is 359 g/mol. The Morgan fingerprint density at radius 2 is 1.65 bits per heavy atom. The van der Waals surface area contributed by atoms with Crippen molar-refractivity contribution in [2.24, 2.45) is 17.8 Å². The normalized spacial score (nSPS) is 31.5. The van der Waals surface area contributed by atoms with Crippen molar-refractivity contribution < 1.29 is 14.0 Å². The Hall–Kier alpha value is -2.11. The van der Waals surface area contributed by atoms with Crippen LogP contribution in [0.1, 0.15) is 44.9 Å². The molecule has 1 aromatic carbocycles. The summed E-state index contributed by atoms with van der Waals surface area (Å²) in [5.41, 5.74) is 0.129. The highest BCUT2D eigenvalue weighted by molar-refractivity contribution is 5.91. The second-order valence-corrected chi connectivity index (χ2v) is 8.36. The maximum absolute atomic E-state index is 13.5. The van der Waals surface area contributed by atoms with Crippen molar-refractivity contribution in [2.45, 2.75) is 50.5 Å². The van der Waals surface area contributed by atoms with Crippen LogP contribution in [0.2, 0.25) is 0 Å². The molecular formula is C20H26FN3O2. The van der Waals surface area contributed by atoms with Gasteiger partial charge in [0.1, 0.15) is 5.82 Å². The quantitative estimate of drug-likeness (QED) is 0.754. The molecule has 4 fully saturated rings. The molecular weight excluding hydrogens is 333 g/mol. The first-order chi connectivity index (χ1) is 12.5. The molecule has 0 heterocycles. The first-order valence-electron chi connectivity index (χ1n) is 9.62. The third-order valence-electron chi connectivity index (χ3n) is 6.20. The van der Waals surface area contributed by atoms with Crippen molar-refractivity contribution in [3.8, 4) is 0 Å². The van der Waals surface area contributed by atoms with Gasteiger partial charge in [0.25, 0.3) is 0 Å². The molecule has 26 heavy (non-hydrogen) atoms. The second kappa shape index (κ2) is 6.89. The molecule has 140 valence electrons. The van der Waals surface area contributed by atoms with Gasteiger partial charge in [-0.05, 0) is 68.4 Å². The van der Waals surface area contributed by atoms with E-state index in [0.29, 0.717) is 0 Å². The van der Waals surface area contributed by atoms with Gasteiger partial charge in [0.05, 0.1) is 5.69 Å². The van der Waals surface area contributed by atoms with Gasteiger partial charge in [-0.1, -0.05) is 12.1 Å². The molecule has 3 amide bonds. The van der Waals surface area contributed by atoms with Gasteiger partial charge in [0.15, 0.2) is 0 Å². The molecule has 4 aliphatic rings. The van der Waals surface area contributed by atoms with E-state index in [9.17, 15) is 14.0 Å². The number of halogens is 1. The Kier molecular flexibility index (Phi) is 4.59. The van der Waals surface area contributed by atoms with E-state index in [1.807, 2.05) is 0 Å². The summed E-state index contributed by atoms with van der Waals surface area (Å²) in [5.74, 6) is 1.54. The number of hydrogen-bond acceptors (Lipinski definition) is 2. The summed E-state index contributed by atoms with van der Waals surface area (Å²) in [6.07, 6.45) is 7.40. The molecule has 4 saturated carbocycles. The summed E-state index contributed by atoms with van der Waals surface area (Å²) in [7, 11) is 0. The van der Waals surface area contributed by atoms with Gasteiger partial charge in [0, 0.05) is 18.5 Å². The van der Waals surface area contributed by atoms with Gasteiger partial charge in [-0.2, -0.15) is 0 Å². The highest BCUT2D eigenvalue weighted by atomic mass is 19.1. The molecule has 5 rings (SSSR count). The van der Waals surface area contributed by atoms with Crippen molar-refractivity contribution in [1.29, 1.82) is 0 Å². The van der Waals surface area contributed by atoms with E-state index >= 15 is 0 Å². The fourth-order valence-electron chi connectivity index (χ4n) is 5.61. The van der Waals surface area contributed by atoms with Crippen molar-refractivity contribution >= 4 is 17.6 Å². The van der Waals surface area contributed by atoms with Crippen molar-refractivity contribution in [1.82, 2.24) is 10.6 Å². The summed E-state index contributed by atoms with van der Waals surface area (Å²) in [6.45, 7) is 0.235. The highest BCUT2D eigenvalue weighted by Gasteiger charge is 2.51. The minimum Gasteiger partial charge on any atom is -0.338 e. The Morgan fingerprint density at radius 3 is 2.27 bits per heavy atom. The number of anilines is 1. The van der Waals surface area contributed by atoms with Gasteiger partial charge in [0.2, 0.25) is 5.91 Å². The van der Waals surface area contributed by atoms with E-state index in [0.717, 1.165) is 37.0 Å². The Labute approximate surface area is 153 Å². The molecule has 4 aliphatic carbocycles.